The second-order valence-electron chi connectivity index (χ2n) is 10.3. The van der Waals surface area contributed by atoms with Gasteiger partial charge < -0.3 is 28.8 Å². The molecule has 0 spiro atoms. The summed E-state index contributed by atoms with van der Waals surface area (Å²) in [5, 5.41) is 5.36. The molecule has 13 heteroatoms. The number of esters is 1. The van der Waals surface area contributed by atoms with Gasteiger partial charge in [-0.3, -0.25) is 9.80 Å². The van der Waals surface area contributed by atoms with Crippen LogP contribution in [0, 0.1) is 5.92 Å². The standard InChI is InChI=1S/C27H40N7O5P/c1-7-19-8-10-20(11-9-19)39-40(32-18(5)26(35)37-16(2)3)36-15-21-14-17(4)25(38-21)34-13-12-22-23(33(6)29)30-27(28)31-24(22)34/h8-13,16-18,21,25,32H,7,14-15,29H2,1-6H3,(H2,28,30,31). The van der Waals surface area contributed by atoms with E-state index in [-0.39, 0.29) is 42.9 Å². The van der Waals surface area contributed by atoms with Crippen molar-refractivity contribution < 1.29 is 23.3 Å². The number of hydrazine groups is 1. The largest absolute Gasteiger partial charge is 0.462 e. The van der Waals surface area contributed by atoms with Crippen LogP contribution in [0.1, 0.15) is 52.8 Å². The number of hydrogen-bond donors (Lipinski definition) is 3. The number of benzene rings is 1. The van der Waals surface area contributed by atoms with Crippen molar-refractivity contribution in [3.63, 3.8) is 0 Å². The first kappa shape index (κ1) is 30.0. The number of nitrogens with two attached hydrogens (primary N) is 2. The predicted octanol–water partition coefficient (Wildman–Crippen LogP) is 4.06. The van der Waals surface area contributed by atoms with Gasteiger partial charge in [-0.25, -0.2) is 10.9 Å². The van der Waals surface area contributed by atoms with Gasteiger partial charge in [0.05, 0.1) is 24.2 Å². The third-order valence-corrected chi connectivity index (χ3v) is 7.89. The van der Waals surface area contributed by atoms with Crippen molar-refractivity contribution in [1.82, 2.24) is 19.6 Å². The monoisotopic (exact) mass is 573 g/mol. The van der Waals surface area contributed by atoms with Crippen molar-refractivity contribution in [2.45, 2.75) is 71.9 Å². The summed E-state index contributed by atoms with van der Waals surface area (Å²) >= 11 is 0. The van der Waals surface area contributed by atoms with Gasteiger partial charge in [-0.05, 0) is 57.4 Å². The average Bonchev–Trinajstić information content (AvgIpc) is 3.49. The normalized spacial score (nSPS) is 20.6. The molecule has 3 heterocycles. The molecule has 1 saturated heterocycles. The fraction of sp³-hybridized carbons (Fsp3) is 0.519. The minimum absolute atomic E-state index is 0.135. The van der Waals surface area contributed by atoms with Gasteiger partial charge >= 0.3 is 14.5 Å². The third-order valence-electron chi connectivity index (χ3n) is 6.53. The quantitative estimate of drug-likeness (QED) is 0.124. The van der Waals surface area contributed by atoms with Crippen LogP contribution in [-0.4, -0.2) is 52.4 Å². The summed E-state index contributed by atoms with van der Waals surface area (Å²) in [5.74, 6) is 7.08. The van der Waals surface area contributed by atoms with Crippen LogP contribution in [0.3, 0.4) is 0 Å². The molecule has 3 aromatic rings. The number of anilines is 2. The van der Waals surface area contributed by atoms with Crippen LogP contribution in [-0.2, 0) is 25.2 Å². The van der Waals surface area contributed by atoms with Crippen molar-refractivity contribution in [1.29, 1.82) is 0 Å². The van der Waals surface area contributed by atoms with Crippen molar-refractivity contribution in [3.8, 4) is 5.75 Å². The third kappa shape index (κ3) is 7.18. The van der Waals surface area contributed by atoms with Crippen LogP contribution in [0.2, 0.25) is 0 Å². The van der Waals surface area contributed by atoms with Gasteiger partial charge in [0.2, 0.25) is 5.95 Å². The van der Waals surface area contributed by atoms with E-state index in [0.29, 0.717) is 17.2 Å². The van der Waals surface area contributed by atoms with Crippen molar-refractivity contribution >= 4 is 37.3 Å². The first-order valence-electron chi connectivity index (χ1n) is 13.5. The highest BCUT2D eigenvalue weighted by atomic mass is 31.2. The van der Waals surface area contributed by atoms with Crippen molar-refractivity contribution in [2.75, 3.05) is 24.4 Å². The molecule has 0 saturated carbocycles. The maximum atomic E-state index is 12.5. The second kappa shape index (κ2) is 13.1. The van der Waals surface area contributed by atoms with E-state index in [0.717, 1.165) is 18.2 Å². The summed E-state index contributed by atoms with van der Waals surface area (Å²) < 4.78 is 26.1. The summed E-state index contributed by atoms with van der Waals surface area (Å²) in [6.07, 6.45) is 2.90. The zero-order chi connectivity index (χ0) is 29.0. The molecule has 218 valence electrons. The Morgan fingerprint density at radius 3 is 2.62 bits per heavy atom. The summed E-state index contributed by atoms with van der Waals surface area (Å²) in [4.78, 5) is 21.2. The van der Waals surface area contributed by atoms with Gasteiger partial charge in [-0.2, -0.15) is 9.97 Å². The van der Waals surface area contributed by atoms with Gasteiger partial charge in [-0.1, -0.05) is 26.0 Å². The molecule has 1 aliphatic heterocycles. The Hall–Kier alpha value is -3.02. The molecule has 40 heavy (non-hydrogen) atoms. The van der Waals surface area contributed by atoms with Crippen LogP contribution in [0.25, 0.3) is 11.0 Å². The molecule has 4 rings (SSSR count). The Kier molecular flexibility index (Phi) is 9.81. The number of carbonyl (C=O) groups excluding carboxylic acids is 1. The summed E-state index contributed by atoms with van der Waals surface area (Å²) in [6, 6.07) is 9.11. The topological polar surface area (TPSA) is 152 Å². The zero-order valence-corrected chi connectivity index (χ0v) is 24.8. The molecule has 5 N–H and O–H groups in total. The highest BCUT2D eigenvalue weighted by Gasteiger charge is 2.36. The van der Waals surface area contributed by atoms with Gasteiger partial charge in [0.1, 0.15) is 23.7 Å². The molecule has 0 bridgehead atoms. The molecule has 1 aromatic carbocycles. The molecule has 12 nitrogen and oxygen atoms in total. The lowest BCUT2D eigenvalue weighted by atomic mass is 10.1. The first-order valence-corrected chi connectivity index (χ1v) is 14.7. The molecule has 2 aromatic heterocycles. The SMILES string of the molecule is CCc1ccc(OP(NC(C)C(=O)OC(C)C)OCC2CC(C)C(n3ccc4c(N(C)N)nc(N)nc43)O2)cc1. The number of fused-ring (bicyclic) bond motifs is 1. The van der Waals surface area contributed by atoms with E-state index >= 15 is 0 Å². The number of nitrogens with one attached hydrogen (secondary N) is 1. The van der Waals surface area contributed by atoms with Gasteiger partial charge in [-0.15, -0.1) is 0 Å². The lowest BCUT2D eigenvalue weighted by molar-refractivity contribution is -0.149. The van der Waals surface area contributed by atoms with Crippen LogP contribution in [0.4, 0.5) is 11.8 Å². The smallest absolute Gasteiger partial charge is 0.323 e. The average molecular weight is 574 g/mol. The molecule has 5 atom stereocenters. The maximum absolute atomic E-state index is 12.5. The van der Waals surface area contributed by atoms with E-state index in [2.05, 4.69) is 28.9 Å². The van der Waals surface area contributed by atoms with E-state index in [1.54, 1.807) is 14.0 Å². The number of carbonyl (C=O) groups is 1. The van der Waals surface area contributed by atoms with Crippen LogP contribution in [0.15, 0.2) is 36.5 Å². The summed E-state index contributed by atoms with van der Waals surface area (Å²) in [5.41, 5.74) is 7.82. The van der Waals surface area contributed by atoms with Crippen LogP contribution < -0.4 is 26.2 Å². The van der Waals surface area contributed by atoms with Crippen LogP contribution in [0.5, 0.6) is 5.75 Å². The van der Waals surface area contributed by atoms with Crippen LogP contribution >= 0.6 is 8.53 Å². The molecule has 0 radical (unpaired) electrons. The Morgan fingerprint density at radius 2 is 1.98 bits per heavy atom. The highest BCUT2D eigenvalue weighted by Crippen LogP contribution is 2.41. The van der Waals surface area contributed by atoms with Gasteiger partial charge in [0, 0.05) is 19.2 Å². The maximum Gasteiger partial charge on any atom is 0.323 e. The Balaban J connectivity index is 1.46. The fourth-order valence-corrected chi connectivity index (χ4v) is 5.76. The Morgan fingerprint density at radius 1 is 1.25 bits per heavy atom. The number of ether oxygens (including phenoxy) is 2. The molecule has 1 fully saturated rings. The number of aromatic nitrogens is 3. The predicted molar refractivity (Wildman–Crippen MR) is 155 cm³/mol. The number of aryl methyl sites for hydroxylation is 1. The number of hydrogen-bond acceptors (Lipinski definition) is 11. The van der Waals surface area contributed by atoms with Gasteiger partial charge in [0.25, 0.3) is 0 Å². The lowest BCUT2D eigenvalue weighted by Gasteiger charge is -2.24. The number of rotatable bonds is 12. The minimum Gasteiger partial charge on any atom is -0.462 e. The van der Waals surface area contributed by atoms with Crippen molar-refractivity contribution in [2.24, 2.45) is 11.8 Å². The lowest BCUT2D eigenvalue weighted by Crippen LogP contribution is -2.35. The summed E-state index contributed by atoms with van der Waals surface area (Å²) in [7, 11) is 0.0290. The van der Waals surface area contributed by atoms with E-state index < -0.39 is 14.6 Å². The molecule has 5 unspecified atom stereocenters. The molecular formula is C27H40N7O5P. The number of nitrogens with zero attached hydrogens (tertiary/aromatic N) is 4. The van der Waals surface area contributed by atoms with E-state index in [1.807, 2.05) is 54.9 Å². The highest BCUT2D eigenvalue weighted by molar-refractivity contribution is 7.45. The fourth-order valence-electron chi connectivity index (χ4n) is 4.54. The second-order valence-corrected chi connectivity index (χ2v) is 11.5. The minimum atomic E-state index is -1.68. The Labute approximate surface area is 236 Å². The molecule has 0 aliphatic carbocycles. The van der Waals surface area contributed by atoms with E-state index in [9.17, 15) is 4.79 Å². The molecular weight excluding hydrogens is 533 g/mol. The van der Waals surface area contributed by atoms with E-state index in [1.165, 1.54) is 10.6 Å². The Bertz CT molecular complexity index is 1290. The van der Waals surface area contributed by atoms with E-state index in [4.69, 9.17) is 30.1 Å². The zero-order valence-electron chi connectivity index (χ0n) is 23.9. The number of nitrogen functional groups attached to an aromatic ring is 1. The first-order chi connectivity index (χ1) is 19.0. The van der Waals surface area contributed by atoms with Crippen molar-refractivity contribution in [3.05, 3.63) is 42.1 Å². The van der Waals surface area contributed by atoms with Gasteiger partial charge in [0.15, 0.2) is 5.82 Å². The molecule has 1 aliphatic rings. The molecule has 0 amide bonds. The summed E-state index contributed by atoms with van der Waals surface area (Å²) in [6.45, 7) is 9.84.